The molecule has 0 radical (unpaired) electrons. The maximum Gasteiger partial charge on any atom is 0.270 e. The zero-order chi connectivity index (χ0) is 17.7. The van der Waals surface area contributed by atoms with Gasteiger partial charge in [0.05, 0.1) is 5.39 Å². The summed E-state index contributed by atoms with van der Waals surface area (Å²) in [5, 5.41) is 0.485. The van der Waals surface area contributed by atoms with Gasteiger partial charge in [0.2, 0.25) is 0 Å². The molecule has 6 nitrogen and oxygen atoms in total. The summed E-state index contributed by atoms with van der Waals surface area (Å²) in [6.45, 7) is 5.65. The molecule has 6 heteroatoms. The van der Waals surface area contributed by atoms with Gasteiger partial charge in [0.25, 0.3) is 11.5 Å². The normalized spacial score (nSPS) is 18.2. The van der Waals surface area contributed by atoms with Gasteiger partial charge in [-0.15, -0.1) is 0 Å². The summed E-state index contributed by atoms with van der Waals surface area (Å²) in [7, 11) is 1.81. The van der Waals surface area contributed by atoms with E-state index in [0.29, 0.717) is 28.3 Å². The molecule has 130 valence electrons. The van der Waals surface area contributed by atoms with Crippen molar-refractivity contribution in [3.8, 4) is 0 Å². The van der Waals surface area contributed by atoms with Gasteiger partial charge in [-0.25, -0.2) is 4.98 Å². The van der Waals surface area contributed by atoms with Crippen LogP contribution in [0.1, 0.15) is 35.8 Å². The van der Waals surface area contributed by atoms with Crippen molar-refractivity contribution in [3.63, 3.8) is 0 Å². The van der Waals surface area contributed by atoms with Crippen LogP contribution in [0.3, 0.4) is 0 Å². The van der Waals surface area contributed by atoms with E-state index in [1.54, 1.807) is 21.2 Å². The van der Waals surface area contributed by atoms with Crippen molar-refractivity contribution >= 4 is 22.6 Å². The minimum Gasteiger partial charge on any atom is -0.337 e. The second-order valence-corrected chi connectivity index (χ2v) is 7.13. The fourth-order valence-corrected chi connectivity index (χ4v) is 3.77. The standard InChI is InChI=1S/C19H22N4O2/c1-12-6-4-8-22(11-12)19(25)15-10-14-17(21(15)3)20-16-13(2)7-5-9-23(16)18(14)24/h5,7,9-10,12H,4,6,8,11H2,1-3H3. The number of piperidine rings is 1. The lowest BCUT2D eigenvalue weighted by Gasteiger charge is -2.30. The predicted molar refractivity (Wildman–Crippen MR) is 97.0 cm³/mol. The molecule has 1 aliphatic heterocycles. The Balaban J connectivity index is 1.89. The summed E-state index contributed by atoms with van der Waals surface area (Å²) in [5.74, 6) is 0.499. The Labute approximate surface area is 145 Å². The van der Waals surface area contributed by atoms with Crippen LogP contribution in [0.2, 0.25) is 0 Å². The van der Waals surface area contributed by atoms with E-state index in [2.05, 4.69) is 11.9 Å². The molecule has 1 aliphatic rings. The molecule has 1 atom stereocenters. The molecule has 0 aliphatic carbocycles. The van der Waals surface area contributed by atoms with Gasteiger partial charge in [0.1, 0.15) is 17.0 Å². The lowest BCUT2D eigenvalue weighted by molar-refractivity contribution is 0.0674. The number of aromatic nitrogens is 3. The lowest BCUT2D eigenvalue weighted by Crippen LogP contribution is -2.39. The molecule has 0 aromatic carbocycles. The molecule has 3 aromatic heterocycles. The Hall–Kier alpha value is -2.63. The van der Waals surface area contributed by atoms with Crippen molar-refractivity contribution in [1.29, 1.82) is 0 Å². The second-order valence-electron chi connectivity index (χ2n) is 7.13. The quantitative estimate of drug-likeness (QED) is 0.684. The summed E-state index contributed by atoms with van der Waals surface area (Å²) in [4.78, 5) is 32.4. The Morgan fingerprint density at radius 1 is 1.32 bits per heavy atom. The van der Waals surface area contributed by atoms with Gasteiger partial charge in [-0.2, -0.15) is 0 Å². The van der Waals surface area contributed by atoms with Crippen molar-refractivity contribution < 1.29 is 4.79 Å². The molecule has 1 amide bonds. The largest absolute Gasteiger partial charge is 0.337 e. The van der Waals surface area contributed by atoms with E-state index in [4.69, 9.17) is 0 Å². The van der Waals surface area contributed by atoms with Crippen LogP contribution in [-0.4, -0.2) is 37.8 Å². The predicted octanol–water partition coefficient (Wildman–Crippen LogP) is 2.37. The summed E-state index contributed by atoms with van der Waals surface area (Å²) >= 11 is 0. The van der Waals surface area contributed by atoms with Crippen molar-refractivity contribution in [2.24, 2.45) is 13.0 Å². The van der Waals surface area contributed by atoms with E-state index >= 15 is 0 Å². The van der Waals surface area contributed by atoms with Crippen LogP contribution in [0.5, 0.6) is 0 Å². The maximum atomic E-state index is 13.0. The minimum atomic E-state index is -0.134. The average molecular weight is 338 g/mol. The molecule has 4 rings (SSSR count). The zero-order valence-electron chi connectivity index (χ0n) is 14.8. The zero-order valence-corrected chi connectivity index (χ0v) is 14.8. The number of nitrogens with zero attached hydrogens (tertiary/aromatic N) is 4. The van der Waals surface area contributed by atoms with E-state index in [-0.39, 0.29) is 11.5 Å². The Morgan fingerprint density at radius 2 is 2.12 bits per heavy atom. The molecule has 0 saturated carbocycles. The van der Waals surface area contributed by atoms with Crippen molar-refractivity contribution in [1.82, 2.24) is 18.9 Å². The first kappa shape index (κ1) is 15.9. The summed E-state index contributed by atoms with van der Waals surface area (Å²) in [5.41, 5.74) is 2.52. The molecule has 0 bridgehead atoms. The van der Waals surface area contributed by atoms with E-state index in [1.807, 2.05) is 31.0 Å². The monoisotopic (exact) mass is 338 g/mol. The van der Waals surface area contributed by atoms with Crippen molar-refractivity contribution in [3.05, 3.63) is 46.0 Å². The van der Waals surface area contributed by atoms with E-state index in [9.17, 15) is 9.59 Å². The molecular weight excluding hydrogens is 316 g/mol. The topological polar surface area (TPSA) is 59.6 Å². The highest BCUT2D eigenvalue weighted by molar-refractivity contribution is 5.98. The summed E-state index contributed by atoms with van der Waals surface area (Å²) in [6.07, 6.45) is 3.91. The first-order valence-electron chi connectivity index (χ1n) is 8.74. The van der Waals surface area contributed by atoms with Gasteiger partial charge >= 0.3 is 0 Å². The lowest BCUT2D eigenvalue weighted by atomic mass is 10.00. The Morgan fingerprint density at radius 3 is 2.88 bits per heavy atom. The van der Waals surface area contributed by atoms with Gasteiger partial charge in [0.15, 0.2) is 0 Å². The SMILES string of the molecule is Cc1cccn2c(=O)c3cc(C(=O)N4CCCC(C)C4)n(C)c3nc12. The van der Waals surface area contributed by atoms with Gasteiger partial charge in [0, 0.05) is 26.3 Å². The van der Waals surface area contributed by atoms with Gasteiger partial charge in [-0.05, 0) is 43.4 Å². The first-order valence-corrected chi connectivity index (χ1v) is 8.74. The molecule has 0 spiro atoms. The molecule has 1 unspecified atom stereocenters. The number of likely N-dealkylation sites (tertiary alicyclic amines) is 1. The minimum absolute atomic E-state index is 0.0165. The van der Waals surface area contributed by atoms with E-state index < -0.39 is 0 Å². The average Bonchev–Trinajstić information content (AvgIpc) is 2.93. The molecule has 1 fully saturated rings. The van der Waals surface area contributed by atoms with Crippen LogP contribution in [0.4, 0.5) is 0 Å². The third-order valence-electron chi connectivity index (χ3n) is 5.19. The van der Waals surface area contributed by atoms with E-state index in [0.717, 1.165) is 31.5 Å². The van der Waals surface area contributed by atoms with E-state index in [1.165, 1.54) is 0 Å². The number of carbonyl (C=O) groups excluding carboxylic acids is 1. The highest BCUT2D eigenvalue weighted by atomic mass is 16.2. The van der Waals surface area contributed by atoms with Crippen molar-refractivity contribution in [2.75, 3.05) is 13.1 Å². The third kappa shape index (κ3) is 2.44. The van der Waals surface area contributed by atoms with Gasteiger partial charge in [-0.1, -0.05) is 13.0 Å². The maximum absolute atomic E-state index is 13.0. The molecule has 1 saturated heterocycles. The van der Waals surface area contributed by atoms with Crippen LogP contribution in [-0.2, 0) is 7.05 Å². The van der Waals surface area contributed by atoms with Crippen LogP contribution < -0.4 is 5.56 Å². The Kier molecular flexibility index (Phi) is 3.63. The number of hydrogen-bond acceptors (Lipinski definition) is 3. The number of hydrogen-bond donors (Lipinski definition) is 0. The fraction of sp³-hybridized carbons (Fsp3) is 0.421. The number of carbonyl (C=O) groups is 1. The molecule has 25 heavy (non-hydrogen) atoms. The third-order valence-corrected chi connectivity index (χ3v) is 5.19. The summed E-state index contributed by atoms with van der Waals surface area (Å²) in [6, 6.07) is 5.46. The van der Waals surface area contributed by atoms with Crippen LogP contribution in [0.25, 0.3) is 16.7 Å². The number of pyridine rings is 1. The smallest absolute Gasteiger partial charge is 0.270 e. The number of rotatable bonds is 1. The second kappa shape index (κ2) is 5.72. The van der Waals surface area contributed by atoms with Gasteiger partial charge in [-0.3, -0.25) is 14.0 Å². The molecule has 4 heterocycles. The number of fused-ring (bicyclic) bond motifs is 2. The fourth-order valence-electron chi connectivity index (χ4n) is 3.77. The number of amides is 1. The van der Waals surface area contributed by atoms with Gasteiger partial charge < -0.3 is 9.47 Å². The van der Waals surface area contributed by atoms with Crippen molar-refractivity contribution in [2.45, 2.75) is 26.7 Å². The van der Waals surface area contributed by atoms with Crippen LogP contribution in [0, 0.1) is 12.8 Å². The Bertz CT molecular complexity index is 1050. The summed E-state index contributed by atoms with van der Waals surface area (Å²) < 4.78 is 3.31. The molecular formula is C19H22N4O2. The number of aryl methyl sites for hydroxylation is 2. The highest BCUT2D eigenvalue weighted by Crippen LogP contribution is 2.21. The molecule has 0 N–H and O–H groups in total. The first-order chi connectivity index (χ1) is 12.0. The highest BCUT2D eigenvalue weighted by Gasteiger charge is 2.25. The molecule has 3 aromatic rings. The van der Waals surface area contributed by atoms with Crippen LogP contribution in [0.15, 0.2) is 29.2 Å². The van der Waals surface area contributed by atoms with Crippen LogP contribution >= 0.6 is 0 Å².